The van der Waals surface area contributed by atoms with Crippen LogP contribution in [0.1, 0.15) is 11.1 Å². The summed E-state index contributed by atoms with van der Waals surface area (Å²) in [6.45, 7) is 1.93. The van der Waals surface area contributed by atoms with E-state index in [-0.39, 0.29) is 28.5 Å². The minimum absolute atomic E-state index is 0.0755. The second-order valence-corrected chi connectivity index (χ2v) is 14.3. The van der Waals surface area contributed by atoms with Gasteiger partial charge in [-0.05, 0) is 60.5 Å². The predicted molar refractivity (Wildman–Crippen MR) is 171 cm³/mol. The Bertz CT molecular complexity index is 2310. The molecule has 3 heterocycles. The number of halogens is 2. The minimum atomic E-state index is -4.07. The van der Waals surface area contributed by atoms with Gasteiger partial charge in [-0.25, -0.2) is 34.6 Å². The van der Waals surface area contributed by atoms with Crippen LogP contribution in [0.15, 0.2) is 96.4 Å². The number of rotatable bonds is 9. The van der Waals surface area contributed by atoms with Gasteiger partial charge in [-0.3, -0.25) is 9.40 Å². The van der Waals surface area contributed by atoms with Crippen molar-refractivity contribution in [2.75, 3.05) is 18.1 Å². The first-order valence-corrected chi connectivity index (χ1v) is 17.1. The van der Waals surface area contributed by atoms with Crippen molar-refractivity contribution in [1.29, 1.82) is 0 Å². The largest absolute Gasteiger partial charge is 0.495 e. The van der Waals surface area contributed by atoms with Gasteiger partial charge in [0.1, 0.15) is 17.4 Å². The molecular weight excluding hydrogens is 637 g/mol. The number of nitrogens with zero attached hydrogens (tertiary/aromatic N) is 4. The Hall–Kier alpha value is -5.08. The Morgan fingerprint density at radius 1 is 0.848 bits per heavy atom. The van der Waals surface area contributed by atoms with Crippen molar-refractivity contribution in [3.05, 3.63) is 114 Å². The molecule has 0 unspecified atom stereocenters. The average molecular weight is 664 g/mol. The summed E-state index contributed by atoms with van der Waals surface area (Å²) in [6.07, 6.45) is 7.22. The maximum absolute atomic E-state index is 13.9. The summed E-state index contributed by atoms with van der Waals surface area (Å²) in [6, 6.07) is 16.4. The zero-order chi connectivity index (χ0) is 32.8. The summed E-state index contributed by atoms with van der Waals surface area (Å²) < 4.78 is 89.4. The van der Waals surface area contributed by atoms with Crippen molar-refractivity contribution in [2.24, 2.45) is 0 Å². The quantitative estimate of drug-likeness (QED) is 0.207. The Balaban J connectivity index is 1.49. The van der Waals surface area contributed by atoms with E-state index in [1.165, 1.54) is 54.6 Å². The Morgan fingerprint density at radius 3 is 2.24 bits per heavy atom. The van der Waals surface area contributed by atoms with E-state index in [1.807, 2.05) is 6.92 Å². The van der Waals surface area contributed by atoms with Crippen LogP contribution in [0.4, 0.5) is 14.5 Å². The number of aryl methyl sites for hydroxylation is 1. The topological polar surface area (TPSA) is 125 Å². The van der Waals surface area contributed by atoms with Gasteiger partial charge in [-0.15, -0.1) is 0 Å². The van der Waals surface area contributed by atoms with Crippen LogP contribution in [-0.4, -0.2) is 48.9 Å². The molecule has 0 spiro atoms. The number of pyridine rings is 1. The van der Waals surface area contributed by atoms with Crippen LogP contribution in [-0.2, 0) is 26.6 Å². The second kappa shape index (κ2) is 11.7. The van der Waals surface area contributed by atoms with Crippen LogP contribution in [0.25, 0.3) is 33.3 Å². The monoisotopic (exact) mass is 663 g/mol. The van der Waals surface area contributed by atoms with Crippen molar-refractivity contribution >= 4 is 36.8 Å². The fourth-order valence-corrected chi connectivity index (χ4v) is 7.00. The van der Waals surface area contributed by atoms with E-state index >= 15 is 0 Å². The molecule has 0 aliphatic rings. The number of nitrogens with one attached hydrogen (secondary N) is 1. The third-order valence-corrected chi connectivity index (χ3v) is 9.49. The van der Waals surface area contributed by atoms with Gasteiger partial charge in [0.25, 0.3) is 10.0 Å². The van der Waals surface area contributed by atoms with Crippen molar-refractivity contribution in [1.82, 2.24) is 18.7 Å². The summed E-state index contributed by atoms with van der Waals surface area (Å²) in [4.78, 5) is 4.64. The van der Waals surface area contributed by atoms with E-state index in [0.717, 1.165) is 21.9 Å². The maximum Gasteiger partial charge on any atom is 0.269 e. The first-order chi connectivity index (χ1) is 21.8. The molecule has 1 N–H and O–H groups in total. The number of hydrogen-bond donors (Lipinski definition) is 1. The van der Waals surface area contributed by atoms with E-state index in [4.69, 9.17) is 4.74 Å². The molecule has 0 bridgehead atoms. The lowest BCUT2D eigenvalue weighted by atomic mass is 10.0. The summed E-state index contributed by atoms with van der Waals surface area (Å²) >= 11 is 0. The van der Waals surface area contributed by atoms with E-state index in [1.54, 1.807) is 42.6 Å². The molecule has 0 radical (unpaired) electrons. The lowest BCUT2D eigenvalue weighted by molar-refractivity contribution is 0.417. The lowest BCUT2D eigenvalue weighted by Crippen LogP contribution is -2.12. The molecule has 14 heteroatoms. The van der Waals surface area contributed by atoms with Crippen molar-refractivity contribution in [3.63, 3.8) is 0 Å². The first-order valence-electron chi connectivity index (χ1n) is 13.8. The number of benzene rings is 3. The van der Waals surface area contributed by atoms with Gasteiger partial charge in [0.2, 0.25) is 10.0 Å². The van der Waals surface area contributed by atoms with Gasteiger partial charge < -0.3 is 4.74 Å². The number of fused-ring (bicyclic) bond motifs is 1. The molecule has 3 aromatic carbocycles. The molecule has 10 nitrogen and oxygen atoms in total. The van der Waals surface area contributed by atoms with Crippen LogP contribution in [0, 0.1) is 18.6 Å². The summed E-state index contributed by atoms with van der Waals surface area (Å²) in [7, 11) is -6.22. The van der Waals surface area contributed by atoms with Crippen LogP contribution in [0.3, 0.4) is 0 Å². The van der Waals surface area contributed by atoms with Crippen LogP contribution in [0.5, 0.6) is 5.75 Å². The third-order valence-electron chi connectivity index (χ3n) is 7.23. The number of ether oxygens (including phenoxy) is 1. The number of methoxy groups -OCH3 is 1. The average Bonchev–Trinajstić information content (AvgIpc) is 3.61. The van der Waals surface area contributed by atoms with Gasteiger partial charge in [0.05, 0.1) is 36.7 Å². The SMILES string of the molecule is COc1cc(-c2cnc3c(c2)c(-c2cnn(Cc4cc(F)cc(F)c4)c2)cn3S(=O)(=O)c2ccc(C)cc2)ccc1NS(C)(=O)=O. The molecule has 0 saturated carbocycles. The van der Waals surface area contributed by atoms with E-state index in [9.17, 15) is 25.6 Å². The fraction of sp³-hybridized carbons (Fsp3) is 0.125. The Morgan fingerprint density at radius 2 is 1.57 bits per heavy atom. The zero-order valence-electron chi connectivity index (χ0n) is 24.8. The summed E-state index contributed by atoms with van der Waals surface area (Å²) in [5.41, 5.74) is 3.97. The Kier molecular flexibility index (Phi) is 7.86. The molecule has 3 aromatic heterocycles. The van der Waals surface area contributed by atoms with Crippen LogP contribution >= 0.6 is 0 Å². The van der Waals surface area contributed by atoms with Gasteiger partial charge in [0.15, 0.2) is 5.65 Å². The smallest absolute Gasteiger partial charge is 0.269 e. The van der Waals surface area contributed by atoms with Crippen LogP contribution in [0.2, 0.25) is 0 Å². The molecule has 6 rings (SSSR count). The van der Waals surface area contributed by atoms with E-state index in [2.05, 4.69) is 14.8 Å². The minimum Gasteiger partial charge on any atom is -0.495 e. The second-order valence-electron chi connectivity index (χ2n) is 10.7. The molecule has 0 saturated heterocycles. The standard InChI is InChI=1S/C32H27F2N5O5S2/c1-20-4-7-27(8-5-20)46(42,43)39-19-29(24-16-36-38(18-24)17-21-10-25(33)14-26(34)11-21)28-12-23(15-35-32(28)39)22-6-9-30(31(13-22)44-2)37-45(3,40)41/h4-16,18-19,37H,17H2,1-3H3. The van der Waals surface area contributed by atoms with Gasteiger partial charge in [-0.2, -0.15) is 5.10 Å². The van der Waals surface area contributed by atoms with Gasteiger partial charge >= 0.3 is 0 Å². The number of anilines is 1. The van der Waals surface area contributed by atoms with E-state index < -0.39 is 31.7 Å². The van der Waals surface area contributed by atoms with Gasteiger partial charge in [-0.1, -0.05) is 23.8 Å². The van der Waals surface area contributed by atoms with Gasteiger partial charge in [0, 0.05) is 46.7 Å². The molecule has 0 amide bonds. The molecule has 0 aliphatic heterocycles. The zero-order valence-corrected chi connectivity index (χ0v) is 26.4. The highest BCUT2D eigenvalue weighted by Gasteiger charge is 2.24. The highest BCUT2D eigenvalue weighted by Crippen LogP contribution is 2.37. The van der Waals surface area contributed by atoms with Crippen LogP contribution < -0.4 is 9.46 Å². The Labute approximate surface area is 264 Å². The normalized spacial score (nSPS) is 12.0. The van der Waals surface area contributed by atoms with Crippen molar-refractivity contribution in [2.45, 2.75) is 18.4 Å². The summed E-state index contributed by atoms with van der Waals surface area (Å²) in [5, 5.41) is 4.84. The molecule has 0 fully saturated rings. The molecule has 236 valence electrons. The molecular formula is C32H27F2N5O5S2. The number of hydrogen-bond acceptors (Lipinski definition) is 7. The number of sulfonamides is 1. The first kappa shape index (κ1) is 30.9. The molecule has 46 heavy (non-hydrogen) atoms. The fourth-order valence-electron chi connectivity index (χ4n) is 5.11. The van der Waals surface area contributed by atoms with Crippen molar-refractivity contribution in [3.8, 4) is 28.0 Å². The lowest BCUT2D eigenvalue weighted by Gasteiger charge is -2.12. The summed E-state index contributed by atoms with van der Waals surface area (Å²) in [5.74, 6) is -1.14. The van der Waals surface area contributed by atoms with E-state index in [0.29, 0.717) is 33.2 Å². The van der Waals surface area contributed by atoms with Crippen molar-refractivity contribution < 1.29 is 30.4 Å². The third kappa shape index (κ3) is 6.21. The predicted octanol–water partition coefficient (Wildman–Crippen LogP) is 5.82. The maximum atomic E-state index is 13.9. The highest BCUT2D eigenvalue weighted by molar-refractivity contribution is 7.92. The highest BCUT2D eigenvalue weighted by atomic mass is 32.2. The number of aromatic nitrogens is 4. The molecule has 6 aromatic rings. The molecule has 0 aliphatic carbocycles. The molecule has 0 atom stereocenters.